The fourth-order valence-electron chi connectivity index (χ4n) is 2.42. The van der Waals surface area contributed by atoms with Gasteiger partial charge in [-0.15, -0.1) is 0 Å². The Morgan fingerprint density at radius 1 is 1.00 bits per heavy atom. The molecule has 0 aliphatic rings. The predicted molar refractivity (Wildman–Crippen MR) is 107 cm³/mol. The molecule has 0 unspecified atom stereocenters. The molecule has 150 valence electrons. The Morgan fingerprint density at radius 3 is 2.41 bits per heavy atom. The molecule has 7 nitrogen and oxygen atoms in total. The van der Waals surface area contributed by atoms with E-state index >= 15 is 0 Å². The summed E-state index contributed by atoms with van der Waals surface area (Å²) in [6.07, 6.45) is 1.38. The molecular formula is C20H19F2N5O2. The van der Waals surface area contributed by atoms with Crippen LogP contribution >= 0.6 is 0 Å². The predicted octanol–water partition coefficient (Wildman–Crippen LogP) is 5.07. The number of rotatable bonds is 6. The van der Waals surface area contributed by atoms with Crippen LogP contribution in [0.3, 0.4) is 0 Å². The van der Waals surface area contributed by atoms with Crippen molar-refractivity contribution >= 4 is 23.2 Å². The highest BCUT2D eigenvalue weighted by molar-refractivity contribution is 5.99. The van der Waals surface area contributed by atoms with E-state index in [4.69, 9.17) is 4.74 Å². The fraction of sp³-hybridized carbons (Fsp3) is 0.150. The van der Waals surface area contributed by atoms with Crippen molar-refractivity contribution in [1.29, 1.82) is 0 Å². The van der Waals surface area contributed by atoms with Crippen LogP contribution < -0.4 is 20.7 Å². The lowest BCUT2D eigenvalue weighted by atomic mass is 10.1. The average Bonchev–Trinajstić information content (AvgIpc) is 2.69. The van der Waals surface area contributed by atoms with Crippen molar-refractivity contribution in [2.24, 2.45) is 0 Å². The smallest absolute Gasteiger partial charge is 0.323 e. The van der Waals surface area contributed by atoms with Crippen LogP contribution in [-0.2, 0) is 5.92 Å². The Morgan fingerprint density at radius 2 is 1.72 bits per heavy atom. The molecule has 0 saturated heterocycles. The van der Waals surface area contributed by atoms with Crippen molar-refractivity contribution in [3.63, 3.8) is 0 Å². The number of amides is 2. The number of ether oxygens (including phenoxy) is 1. The summed E-state index contributed by atoms with van der Waals surface area (Å²) >= 11 is 0. The second-order valence-corrected chi connectivity index (χ2v) is 6.17. The Hall–Kier alpha value is -3.75. The number of aromatic nitrogens is 2. The van der Waals surface area contributed by atoms with E-state index in [2.05, 4.69) is 25.9 Å². The van der Waals surface area contributed by atoms with Crippen molar-refractivity contribution in [2.75, 3.05) is 23.0 Å². The number of urea groups is 1. The minimum atomic E-state index is -2.98. The maximum atomic E-state index is 13.4. The standard InChI is InChI=1S/C20H19F2N5O2/c1-20(21,22)13-4-3-5-15(10-13)27-19(28)26-14-6-8-16(9-7-14)29-18-11-17(23-2)24-12-25-18/h3-12H,1-2H3,(H,23,24,25)(H2,26,27,28). The van der Waals surface area contributed by atoms with Crippen molar-refractivity contribution in [2.45, 2.75) is 12.8 Å². The van der Waals surface area contributed by atoms with Gasteiger partial charge in [0.15, 0.2) is 0 Å². The maximum Gasteiger partial charge on any atom is 0.323 e. The number of nitrogens with zero attached hydrogens (tertiary/aromatic N) is 2. The van der Waals surface area contributed by atoms with Gasteiger partial charge in [-0.1, -0.05) is 12.1 Å². The third-order valence-corrected chi connectivity index (χ3v) is 3.86. The summed E-state index contributed by atoms with van der Waals surface area (Å²) < 4.78 is 32.4. The van der Waals surface area contributed by atoms with Gasteiger partial charge in [-0.3, -0.25) is 0 Å². The van der Waals surface area contributed by atoms with Gasteiger partial charge in [0.1, 0.15) is 17.9 Å². The van der Waals surface area contributed by atoms with Gasteiger partial charge in [-0.2, -0.15) is 0 Å². The lowest BCUT2D eigenvalue weighted by Crippen LogP contribution is -2.19. The molecule has 0 spiro atoms. The highest BCUT2D eigenvalue weighted by Crippen LogP contribution is 2.28. The van der Waals surface area contributed by atoms with Crippen molar-refractivity contribution in [1.82, 2.24) is 9.97 Å². The fourth-order valence-corrected chi connectivity index (χ4v) is 2.42. The van der Waals surface area contributed by atoms with E-state index < -0.39 is 12.0 Å². The Balaban J connectivity index is 1.60. The minimum Gasteiger partial charge on any atom is -0.439 e. The van der Waals surface area contributed by atoms with Gasteiger partial charge in [-0.25, -0.2) is 23.5 Å². The van der Waals surface area contributed by atoms with E-state index in [0.29, 0.717) is 23.1 Å². The number of halogens is 2. The molecule has 0 radical (unpaired) electrons. The Labute approximate surface area is 166 Å². The van der Waals surface area contributed by atoms with E-state index in [-0.39, 0.29) is 11.3 Å². The zero-order valence-corrected chi connectivity index (χ0v) is 15.7. The van der Waals surface area contributed by atoms with Gasteiger partial charge in [0.2, 0.25) is 5.88 Å². The molecule has 1 aromatic heterocycles. The molecule has 1 heterocycles. The molecule has 2 aromatic carbocycles. The van der Waals surface area contributed by atoms with Gasteiger partial charge in [0.25, 0.3) is 5.92 Å². The number of carbonyl (C=O) groups is 1. The van der Waals surface area contributed by atoms with Crippen molar-refractivity contribution in [3.8, 4) is 11.6 Å². The lowest BCUT2D eigenvalue weighted by molar-refractivity contribution is 0.0175. The van der Waals surface area contributed by atoms with Crippen LogP contribution in [0.5, 0.6) is 11.6 Å². The highest BCUT2D eigenvalue weighted by atomic mass is 19.3. The van der Waals surface area contributed by atoms with Gasteiger partial charge < -0.3 is 20.7 Å². The zero-order valence-electron chi connectivity index (χ0n) is 15.7. The summed E-state index contributed by atoms with van der Waals surface area (Å²) in [5.41, 5.74) is 0.596. The number of nitrogens with one attached hydrogen (secondary N) is 3. The molecule has 0 fully saturated rings. The van der Waals surface area contributed by atoms with Gasteiger partial charge in [-0.05, 0) is 36.4 Å². The molecular weight excluding hydrogens is 380 g/mol. The van der Waals surface area contributed by atoms with Crippen LogP contribution in [0.15, 0.2) is 60.9 Å². The molecule has 0 aliphatic heterocycles. The summed E-state index contributed by atoms with van der Waals surface area (Å²) in [6, 6.07) is 13.2. The topological polar surface area (TPSA) is 88.2 Å². The number of hydrogen-bond donors (Lipinski definition) is 3. The molecule has 3 rings (SSSR count). The number of anilines is 3. The number of carbonyl (C=O) groups excluding carboxylic acids is 1. The Kier molecular flexibility index (Phi) is 5.87. The zero-order chi connectivity index (χ0) is 20.9. The molecule has 0 bridgehead atoms. The van der Waals surface area contributed by atoms with E-state index in [0.717, 1.165) is 6.92 Å². The van der Waals surface area contributed by atoms with Crippen LogP contribution in [0.4, 0.5) is 30.8 Å². The first kappa shape index (κ1) is 20.0. The molecule has 2 amide bonds. The molecule has 3 N–H and O–H groups in total. The molecule has 0 aliphatic carbocycles. The average molecular weight is 399 g/mol. The van der Waals surface area contributed by atoms with Crippen molar-refractivity contribution < 1.29 is 18.3 Å². The van der Waals surface area contributed by atoms with Crippen LogP contribution in [0.25, 0.3) is 0 Å². The summed E-state index contributed by atoms with van der Waals surface area (Å²) in [4.78, 5) is 20.1. The molecule has 0 atom stereocenters. The summed E-state index contributed by atoms with van der Waals surface area (Å²) in [6.45, 7) is 0.802. The summed E-state index contributed by atoms with van der Waals surface area (Å²) in [7, 11) is 1.74. The second kappa shape index (κ2) is 8.51. The third-order valence-electron chi connectivity index (χ3n) is 3.86. The number of benzene rings is 2. The largest absolute Gasteiger partial charge is 0.439 e. The first-order chi connectivity index (χ1) is 13.8. The van der Waals surface area contributed by atoms with E-state index in [1.54, 1.807) is 37.4 Å². The van der Waals surface area contributed by atoms with E-state index in [1.165, 1.54) is 30.6 Å². The van der Waals surface area contributed by atoms with Gasteiger partial charge in [0.05, 0.1) is 0 Å². The quantitative estimate of drug-likeness (QED) is 0.539. The van der Waals surface area contributed by atoms with Gasteiger partial charge >= 0.3 is 6.03 Å². The van der Waals surface area contributed by atoms with E-state index in [1.807, 2.05) is 0 Å². The monoisotopic (exact) mass is 399 g/mol. The summed E-state index contributed by atoms with van der Waals surface area (Å²) in [5.74, 6) is -1.47. The third kappa shape index (κ3) is 5.61. The van der Waals surface area contributed by atoms with Crippen LogP contribution in [0.1, 0.15) is 12.5 Å². The SMILES string of the molecule is CNc1cc(Oc2ccc(NC(=O)Nc3cccc(C(C)(F)F)c3)cc2)ncn1. The maximum absolute atomic E-state index is 13.4. The molecule has 0 saturated carbocycles. The first-order valence-electron chi connectivity index (χ1n) is 8.67. The normalized spacial score (nSPS) is 10.9. The molecule has 9 heteroatoms. The van der Waals surface area contributed by atoms with Crippen LogP contribution in [0.2, 0.25) is 0 Å². The highest BCUT2D eigenvalue weighted by Gasteiger charge is 2.24. The number of hydrogen-bond acceptors (Lipinski definition) is 5. The second-order valence-electron chi connectivity index (χ2n) is 6.17. The van der Waals surface area contributed by atoms with Crippen LogP contribution in [-0.4, -0.2) is 23.0 Å². The molecule has 3 aromatic rings. The number of alkyl halides is 2. The molecule has 29 heavy (non-hydrogen) atoms. The van der Waals surface area contributed by atoms with E-state index in [9.17, 15) is 13.6 Å². The Bertz CT molecular complexity index is 991. The van der Waals surface area contributed by atoms with Gasteiger partial charge in [0, 0.05) is 37.0 Å². The van der Waals surface area contributed by atoms with Crippen molar-refractivity contribution in [3.05, 3.63) is 66.5 Å². The summed E-state index contributed by atoms with van der Waals surface area (Å²) in [5, 5.41) is 8.05. The lowest BCUT2D eigenvalue weighted by Gasteiger charge is -2.13. The first-order valence-corrected chi connectivity index (χ1v) is 8.67. The van der Waals surface area contributed by atoms with Crippen LogP contribution in [0, 0.1) is 0 Å². The minimum absolute atomic E-state index is 0.178.